The lowest BCUT2D eigenvalue weighted by Crippen LogP contribution is -2.15. The molecule has 0 aromatic heterocycles. The van der Waals surface area contributed by atoms with E-state index in [1.807, 2.05) is 22.6 Å². The van der Waals surface area contributed by atoms with Gasteiger partial charge in [-0.1, -0.05) is 6.07 Å². The van der Waals surface area contributed by atoms with Crippen LogP contribution < -0.4 is 4.72 Å². The third-order valence-corrected chi connectivity index (χ3v) is 7.02. The highest BCUT2D eigenvalue weighted by Gasteiger charge is 2.28. The topological polar surface area (TPSA) is 80.3 Å². The van der Waals surface area contributed by atoms with Crippen molar-refractivity contribution >= 4 is 48.1 Å². The average molecular weight is 421 g/mol. The summed E-state index contributed by atoms with van der Waals surface area (Å²) in [4.78, 5) is 0.0628. The number of benzene rings is 2. The fraction of sp³-hybridized carbons (Fsp3) is 0. The van der Waals surface area contributed by atoms with E-state index in [4.69, 9.17) is 0 Å². The summed E-state index contributed by atoms with van der Waals surface area (Å²) in [5.41, 5.74) is 0.0931. The van der Waals surface area contributed by atoms with E-state index in [1.54, 1.807) is 12.1 Å². The van der Waals surface area contributed by atoms with E-state index in [1.165, 1.54) is 30.3 Å². The van der Waals surface area contributed by atoms with Crippen LogP contribution in [0.5, 0.6) is 0 Å². The van der Waals surface area contributed by atoms with E-state index in [9.17, 15) is 16.8 Å². The molecule has 0 amide bonds. The molecule has 1 N–H and O–H groups in total. The Kier molecular flexibility index (Phi) is 3.07. The second-order valence-corrected chi connectivity index (χ2v) is 8.96. The largest absolute Gasteiger partial charge is 0.277 e. The van der Waals surface area contributed by atoms with Gasteiger partial charge >= 0.3 is 0 Å². The SMILES string of the molecule is O=S1(=O)Nc2c(I)cccc2S(=O)(=O)c2ccc1cc2. The molecule has 5 nitrogen and oxygen atoms in total. The first-order valence-corrected chi connectivity index (χ1v) is 9.53. The number of sulfone groups is 1. The van der Waals surface area contributed by atoms with Crippen LogP contribution in [0.1, 0.15) is 0 Å². The predicted molar refractivity (Wildman–Crippen MR) is 81.9 cm³/mol. The predicted octanol–water partition coefficient (Wildman–Crippen LogP) is 2.24. The monoisotopic (exact) mass is 421 g/mol. The summed E-state index contributed by atoms with van der Waals surface area (Å²) >= 11 is 1.90. The van der Waals surface area contributed by atoms with Crippen LogP contribution in [-0.2, 0) is 19.9 Å². The van der Waals surface area contributed by atoms with Gasteiger partial charge in [0, 0.05) is 3.57 Å². The summed E-state index contributed by atoms with van der Waals surface area (Å²) in [6.07, 6.45) is 0. The van der Waals surface area contributed by atoms with E-state index in [2.05, 4.69) is 4.72 Å². The van der Waals surface area contributed by atoms with Crippen LogP contribution in [0, 0.1) is 3.57 Å². The zero-order valence-corrected chi connectivity index (χ0v) is 13.7. The molecule has 2 aliphatic rings. The number of sulfonamides is 1. The number of para-hydroxylation sites is 1. The van der Waals surface area contributed by atoms with Gasteiger partial charge in [-0.25, -0.2) is 16.8 Å². The van der Waals surface area contributed by atoms with Crippen LogP contribution in [0.15, 0.2) is 57.2 Å². The molecule has 0 spiro atoms. The Morgan fingerprint density at radius 1 is 0.850 bits per heavy atom. The maximum atomic E-state index is 12.6. The van der Waals surface area contributed by atoms with Crippen molar-refractivity contribution in [3.63, 3.8) is 0 Å². The van der Waals surface area contributed by atoms with Crippen molar-refractivity contribution in [1.82, 2.24) is 0 Å². The molecular weight excluding hydrogens is 413 g/mol. The lowest BCUT2D eigenvalue weighted by atomic mass is 10.3. The Morgan fingerprint density at radius 3 is 2.10 bits per heavy atom. The lowest BCUT2D eigenvalue weighted by molar-refractivity contribution is 0.596. The molecule has 4 rings (SSSR count). The molecule has 0 fully saturated rings. The molecule has 104 valence electrons. The standard InChI is InChI=1S/C12H8INO4S2/c13-10-2-1-3-11-12(10)14-20(17,18)9-6-4-8(5-7-9)19(11,15)16/h1-7,14H. The third kappa shape index (κ3) is 2.02. The number of hydrogen-bond donors (Lipinski definition) is 1. The van der Waals surface area contributed by atoms with Crippen molar-refractivity contribution < 1.29 is 16.8 Å². The Labute approximate surface area is 130 Å². The van der Waals surface area contributed by atoms with E-state index in [-0.39, 0.29) is 20.4 Å². The molecule has 0 radical (unpaired) electrons. The first-order chi connectivity index (χ1) is 9.32. The van der Waals surface area contributed by atoms with Crippen molar-refractivity contribution in [2.45, 2.75) is 14.7 Å². The Balaban J connectivity index is 2.48. The maximum absolute atomic E-state index is 12.6. The van der Waals surface area contributed by atoms with Crippen molar-refractivity contribution in [2.75, 3.05) is 4.72 Å². The summed E-state index contributed by atoms with van der Waals surface area (Å²) in [5.74, 6) is 0. The Hall–Kier alpha value is -1.13. The van der Waals surface area contributed by atoms with Crippen molar-refractivity contribution in [2.24, 2.45) is 0 Å². The highest BCUT2D eigenvalue weighted by molar-refractivity contribution is 14.1. The maximum Gasteiger partial charge on any atom is 0.261 e. The number of rotatable bonds is 0. The highest BCUT2D eigenvalue weighted by atomic mass is 127. The fourth-order valence-corrected chi connectivity index (χ4v) is 5.55. The zero-order valence-electron chi connectivity index (χ0n) is 9.87. The van der Waals surface area contributed by atoms with Crippen LogP contribution >= 0.6 is 22.6 Å². The molecule has 0 saturated heterocycles. The van der Waals surface area contributed by atoms with Gasteiger partial charge in [0.15, 0.2) is 0 Å². The van der Waals surface area contributed by atoms with E-state index < -0.39 is 19.9 Å². The van der Waals surface area contributed by atoms with E-state index in [0.29, 0.717) is 3.57 Å². The molecular formula is C12H8INO4S2. The summed E-state index contributed by atoms with van der Waals surface area (Å²) in [6.45, 7) is 0. The summed E-state index contributed by atoms with van der Waals surface area (Å²) in [7, 11) is -7.55. The summed E-state index contributed by atoms with van der Waals surface area (Å²) in [5, 5.41) is 0. The third-order valence-electron chi connectivity index (χ3n) is 2.95. The van der Waals surface area contributed by atoms with Gasteiger partial charge < -0.3 is 0 Å². The van der Waals surface area contributed by atoms with Gasteiger partial charge in [0.2, 0.25) is 9.84 Å². The molecule has 2 aromatic rings. The van der Waals surface area contributed by atoms with Crippen LogP contribution in [0.2, 0.25) is 0 Å². The van der Waals surface area contributed by atoms with Crippen LogP contribution in [0.25, 0.3) is 0 Å². The smallest absolute Gasteiger partial charge is 0.261 e. The molecule has 2 aromatic carbocycles. The molecule has 20 heavy (non-hydrogen) atoms. The highest BCUT2D eigenvalue weighted by Crippen LogP contribution is 2.34. The molecule has 8 heteroatoms. The van der Waals surface area contributed by atoms with Crippen LogP contribution in [-0.4, -0.2) is 16.8 Å². The number of hydrogen-bond acceptors (Lipinski definition) is 4. The number of fused-ring (bicyclic) bond motifs is 3. The minimum atomic E-state index is -3.79. The van der Waals surface area contributed by atoms with Crippen molar-refractivity contribution in [3.05, 3.63) is 46.0 Å². The minimum Gasteiger partial charge on any atom is -0.277 e. The van der Waals surface area contributed by atoms with Crippen LogP contribution in [0.3, 0.4) is 0 Å². The number of nitrogens with one attached hydrogen (secondary N) is 1. The quantitative estimate of drug-likeness (QED) is 0.662. The van der Waals surface area contributed by atoms with Crippen LogP contribution in [0.4, 0.5) is 5.69 Å². The average Bonchev–Trinajstić information content (AvgIpc) is 2.44. The van der Waals surface area contributed by atoms with Gasteiger partial charge in [0.1, 0.15) is 0 Å². The van der Waals surface area contributed by atoms with Crippen molar-refractivity contribution in [3.8, 4) is 0 Å². The molecule has 2 bridgehead atoms. The molecule has 0 saturated carbocycles. The Morgan fingerprint density at radius 2 is 1.45 bits per heavy atom. The van der Waals surface area contributed by atoms with Gasteiger partial charge in [-0.2, -0.15) is 0 Å². The number of halogens is 1. The zero-order chi connectivity index (χ0) is 14.5. The lowest BCUT2D eigenvalue weighted by Gasteiger charge is -2.12. The molecule has 0 unspecified atom stereocenters. The molecule has 0 aliphatic carbocycles. The van der Waals surface area contributed by atoms with Crippen molar-refractivity contribution in [1.29, 1.82) is 0 Å². The molecule has 0 atom stereocenters. The first kappa shape index (κ1) is 13.8. The van der Waals surface area contributed by atoms with Gasteiger partial charge in [-0.15, -0.1) is 0 Å². The van der Waals surface area contributed by atoms with Gasteiger partial charge in [0.05, 0.1) is 20.4 Å². The molecule has 2 heterocycles. The molecule has 2 aliphatic heterocycles. The normalized spacial score (nSPS) is 18.2. The second kappa shape index (κ2) is 4.43. The van der Waals surface area contributed by atoms with E-state index in [0.717, 1.165) is 0 Å². The number of anilines is 1. The summed E-state index contributed by atoms with van der Waals surface area (Å²) < 4.78 is 52.5. The van der Waals surface area contributed by atoms with Gasteiger partial charge in [-0.05, 0) is 59.0 Å². The second-order valence-electron chi connectivity index (χ2n) is 4.19. The fourth-order valence-electron chi connectivity index (χ4n) is 1.95. The minimum absolute atomic E-state index is 0.0314. The van der Waals surface area contributed by atoms with Gasteiger partial charge in [-0.3, -0.25) is 4.72 Å². The first-order valence-electron chi connectivity index (χ1n) is 5.49. The summed E-state index contributed by atoms with van der Waals surface area (Å²) in [6, 6.07) is 9.80. The Bertz CT molecular complexity index is 903. The van der Waals surface area contributed by atoms with E-state index >= 15 is 0 Å². The van der Waals surface area contributed by atoms with Gasteiger partial charge in [0.25, 0.3) is 10.0 Å².